The first-order valence-electron chi connectivity index (χ1n) is 10.8. The molecule has 0 amide bonds. The predicted molar refractivity (Wildman–Crippen MR) is 126 cm³/mol. The van der Waals surface area contributed by atoms with Crippen molar-refractivity contribution < 1.29 is 18.6 Å². The van der Waals surface area contributed by atoms with Crippen molar-refractivity contribution in [2.24, 2.45) is 0 Å². The minimum atomic E-state index is -0.802. The quantitative estimate of drug-likeness (QED) is 0.321. The highest BCUT2D eigenvalue weighted by molar-refractivity contribution is 6.32. The average Bonchev–Trinajstić information content (AvgIpc) is 3.31. The minimum absolute atomic E-state index is 0.0774. The van der Waals surface area contributed by atoms with Gasteiger partial charge in [0.25, 0.3) is 0 Å². The summed E-state index contributed by atoms with van der Waals surface area (Å²) >= 11 is 6.12. The topological polar surface area (TPSA) is 74.3 Å². The number of pyridine rings is 1. The number of benzene rings is 2. The number of fused-ring (bicyclic) bond motifs is 3. The van der Waals surface area contributed by atoms with Gasteiger partial charge < -0.3 is 14.7 Å². The SMILES string of the molecule is CCN(CC)CCOc1cc(CF)c2c(-c3ccc(O)c(Cl)c3)nc3[nH]ncc3c2c1CF. The van der Waals surface area contributed by atoms with Crippen molar-refractivity contribution in [2.75, 3.05) is 26.2 Å². The molecule has 2 heterocycles. The molecule has 0 spiro atoms. The Bertz CT molecular complexity index is 1290. The lowest BCUT2D eigenvalue weighted by Crippen LogP contribution is -2.28. The Labute approximate surface area is 195 Å². The van der Waals surface area contributed by atoms with Gasteiger partial charge in [-0.3, -0.25) is 5.10 Å². The zero-order valence-corrected chi connectivity index (χ0v) is 19.2. The highest BCUT2D eigenvalue weighted by Gasteiger charge is 2.22. The second-order valence-electron chi connectivity index (χ2n) is 7.66. The normalized spacial score (nSPS) is 11.7. The maximum atomic E-state index is 14.5. The number of H-pyrrole nitrogens is 1. The fraction of sp³-hybridized carbons (Fsp3) is 0.333. The van der Waals surface area contributed by atoms with Gasteiger partial charge in [-0.2, -0.15) is 5.10 Å². The van der Waals surface area contributed by atoms with E-state index in [1.807, 2.05) is 0 Å². The summed E-state index contributed by atoms with van der Waals surface area (Å²) in [7, 11) is 0. The highest BCUT2D eigenvalue weighted by Crippen LogP contribution is 2.42. The number of aromatic hydroxyl groups is 1. The van der Waals surface area contributed by atoms with Crippen LogP contribution >= 0.6 is 11.6 Å². The number of nitrogens with one attached hydrogen (secondary N) is 1. The molecule has 0 bridgehead atoms. The molecule has 0 aliphatic carbocycles. The van der Waals surface area contributed by atoms with Crippen molar-refractivity contribution in [3.05, 3.63) is 46.6 Å². The average molecular weight is 475 g/mol. The van der Waals surface area contributed by atoms with Crippen molar-refractivity contribution in [3.8, 4) is 22.8 Å². The lowest BCUT2D eigenvalue weighted by molar-refractivity contribution is 0.220. The van der Waals surface area contributed by atoms with Gasteiger partial charge in [-0.1, -0.05) is 25.4 Å². The Kier molecular flexibility index (Phi) is 6.95. The smallest absolute Gasteiger partial charge is 0.156 e. The van der Waals surface area contributed by atoms with Crippen molar-refractivity contribution in [2.45, 2.75) is 27.2 Å². The molecule has 0 aliphatic heterocycles. The molecule has 4 rings (SSSR count). The lowest BCUT2D eigenvalue weighted by atomic mass is 9.94. The summed E-state index contributed by atoms with van der Waals surface area (Å²) < 4.78 is 34.8. The summed E-state index contributed by atoms with van der Waals surface area (Å²) in [6.07, 6.45) is 1.55. The number of nitrogens with zero attached hydrogens (tertiary/aromatic N) is 3. The molecule has 0 fully saturated rings. The molecule has 0 atom stereocenters. The van der Waals surface area contributed by atoms with Gasteiger partial charge in [-0.15, -0.1) is 0 Å². The Morgan fingerprint density at radius 3 is 2.58 bits per heavy atom. The molecule has 0 aliphatic rings. The number of hydrogen-bond donors (Lipinski definition) is 2. The van der Waals surface area contributed by atoms with E-state index in [2.05, 4.69) is 33.9 Å². The number of likely N-dealkylation sites (N-methyl/N-ethyl adjacent to an activating group) is 1. The van der Waals surface area contributed by atoms with Gasteiger partial charge in [-0.25, -0.2) is 13.8 Å². The Hall–Kier alpha value is -2.97. The first kappa shape index (κ1) is 23.2. The monoisotopic (exact) mass is 474 g/mol. The molecule has 2 N–H and O–H groups in total. The minimum Gasteiger partial charge on any atom is -0.506 e. The number of rotatable bonds is 9. The number of halogens is 3. The van der Waals surface area contributed by atoms with E-state index in [0.29, 0.717) is 63.1 Å². The fourth-order valence-electron chi connectivity index (χ4n) is 4.09. The number of hydrogen-bond acceptors (Lipinski definition) is 5. The van der Waals surface area contributed by atoms with Crippen LogP contribution in [-0.2, 0) is 13.3 Å². The van der Waals surface area contributed by atoms with Crippen LogP contribution in [0.1, 0.15) is 25.0 Å². The van der Waals surface area contributed by atoms with Crippen molar-refractivity contribution in [1.29, 1.82) is 0 Å². The number of phenolic OH excluding ortho intramolecular Hbond substituents is 1. The molecule has 2 aromatic carbocycles. The van der Waals surface area contributed by atoms with Crippen LogP contribution in [0.3, 0.4) is 0 Å². The van der Waals surface area contributed by atoms with Gasteiger partial charge in [0.05, 0.1) is 16.9 Å². The van der Waals surface area contributed by atoms with Crippen LogP contribution in [0.15, 0.2) is 30.5 Å². The van der Waals surface area contributed by atoms with E-state index in [4.69, 9.17) is 16.3 Å². The Balaban J connectivity index is 1.95. The maximum absolute atomic E-state index is 14.5. The van der Waals surface area contributed by atoms with Crippen LogP contribution in [0, 0.1) is 0 Å². The molecule has 0 saturated heterocycles. The maximum Gasteiger partial charge on any atom is 0.156 e. The van der Waals surface area contributed by atoms with Gasteiger partial charge in [0.15, 0.2) is 5.65 Å². The van der Waals surface area contributed by atoms with Gasteiger partial charge >= 0.3 is 0 Å². The van der Waals surface area contributed by atoms with Gasteiger partial charge in [0.1, 0.15) is 31.5 Å². The number of phenols is 1. The Morgan fingerprint density at radius 1 is 1.12 bits per heavy atom. The second-order valence-corrected chi connectivity index (χ2v) is 8.07. The van der Waals surface area contributed by atoms with Crippen molar-refractivity contribution in [1.82, 2.24) is 20.1 Å². The summed E-state index contributed by atoms with van der Waals surface area (Å²) in [5.74, 6) is 0.236. The first-order valence-corrected chi connectivity index (χ1v) is 11.2. The standard InChI is InChI=1S/C24H25ClF2N4O2/c1-3-31(4-2)7-8-33-20-10-15(11-26)21-22(16(20)12-27)17-13-28-30-24(17)29-23(21)14-5-6-19(32)18(25)9-14/h5-6,9-10,13,32H,3-4,7-8,11-12H2,1-2H3,(H,28,29,30). The van der Waals surface area contributed by atoms with E-state index >= 15 is 0 Å². The van der Waals surface area contributed by atoms with Crippen molar-refractivity contribution >= 4 is 33.4 Å². The highest BCUT2D eigenvalue weighted by atomic mass is 35.5. The predicted octanol–water partition coefficient (Wildman–Crippen LogP) is 5.80. The van der Waals surface area contributed by atoms with Crippen LogP contribution in [0.25, 0.3) is 33.1 Å². The van der Waals surface area contributed by atoms with Crippen LogP contribution < -0.4 is 4.74 Å². The zero-order valence-electron chi connectivity index (χ0n) is 18.5. The summed E-state index contributed by atoms with van der Waals surface area (Å²) in [6.45, 7) is 5.32. The van der Waals surface area contributed by atoms with Crippen LogP contribution in [0.4, 0.5) is 8.78 Å². The van der Waals surface area contributed by atoms with Gasteiger partial charge in [-0.05, 0) is 42.9 Å². The second kappa shape index (κ2) is 9.89. The van der Waals surface area contributed by atoms with E-state index in [1.165, 1.54) is 6.07 Å². The van der Waals surface area contributed by atoms with E-state index in [-0.39, 0.29) is 10.8 Å². The van der Waals surface area contributed by atoms with E-state index in [9.17, 15) is 13.9 Å². The van der Waals surface area contributed by atoms with Gasteiger partial charge in [0.2, 0.25) is 0 Å². The van der Waals surface area contributed by atoms with Gasteiger partial charge in [0, 0.05) is 33.8 Å². The molecular weight excluding hydrogens is 450 g/mol. The number of aromatic nitrogens is 3. The largest absolute Gasteiger partial charge is 0.506 e. The van der Waals surface area contributed by atoms with E-state index in [0.717, 1.165) is 13.1 Å². The molecule has 0 saturated carbocycles. The third-order valence-corrected chi connectivity index (χ3v) is 6.19. The molecule has 2 aromatic heterocycles. The zero-order chi connectivity index (χ0) is 23.5. The van der Waals surface area contributed by atoms with Crippen molar-refractivity contribution in [3.63, 3.8) is 0 Å². The van der Waals surface area contributed by atoms with Crippen LogP contribution in [0.5, 0.6) is 11.5 Å². The van der Waals surface area contributed by atoms with Crippen LogP contribution in [0.2, 0.25) is 5.02 Å². The van der Waals surface area contributed by atoms with E-state index < -0.39 is 13.3 Å². The molecular formula is C24H25ClF2N4O2. The Morgan fingerprint density at radius 2 is 1.91 bits per heavy atom. The summed E-state index contributed by atoms with van der Waals surface area (Å²) in [6, 6.07) is 6.18. The molecule has 174 valence electrons. The summed E-state index contributed by atoms with van der Waals surface area (Å²) in [5.41, 5.74) is 2.06. The molecule has 0 unspecified atom stereocenters. The number of ether oxygens (including phenoxy) is 1. The third kappa shape index (κ3) is 4.32. The molecule has 9 heteroatoms. The summed E-state index contributed by atoms with van der Waals surface area (Å²) in [5, 5.41) is 18.4. The third-order valence-electron chi connectivity index (χ3n) is 5.88. The molecule has 6 nitrogen and oxygen atoms in total. The first-order chi connectivity index (χ1) is 16.0. The fourth-order valence-corrected chi connectivity index (χ4v) is 4.27. The molecule has 33 heavy (non-hydrogen) atoms. The number of alkyl halides is 2. The van der Waals surface area contributed by atoms with E-state index in [1.54, 1.807) is 24.4 Å². The molecule has 0 radical (unpaired) electrons. The lowest BCUT2D eigenvalue weighted by Gasteiger charge is -2.20. The molecule has 4 aromatic rings. The summed E-state index contributed by atoms with van der Waals surface area (Å²) in [4.78, 5) is 6.82. The van der Waals surface area contributed by atoms with Crippen LogP contribution in [-0.4, -0.2) is 51.4 Å². The number of aromatic amines is 1.